The van der Waals surface area contributed by atoms with Gasteiger partial charge in [0.2, 0.25) is 0 Å². The third-order valence-electron chi connectivity index (χ3n) is 3.08. The average molecular weight is 341 g/mol. The highest BCUT2D eigenvalue weighted by molar-refractivity contribution is 7.09. The molecule has 0 saturated carbocycles. The molecule has 0 unspecified atom stereocenters. The van der Waals surface area contributed by atoms with Crippen LogP contribution in [0.15, 0.2) is 29.6 Å². The molecule has 1 aromatic carbocycles. The molecule has 21 heavy (non-hydrogen) atoms. The summed E-state index contributed by atoms with van der Waals surface area (Å²) in [5.41, 5.74) is 1.33. The van der Waals surface area contributed by atoms with Crippen LogP contribution in [0.3, 0.4) is 0 Å². The summed E-state index contributed by atoms with van der Waals surface area (Å²) in [6.45, 7) is -0.158. The molecule has 1 N–H and O–H groups in total. The number of carboxylic acid groups (broad SMARTS) is 1. The number of aromatic nitrogens is 2. The van der Waals surface area contributed by atoms with Gasteiger partial charge < -0.3 is 9.67 Å². The minimum absolute atomic E-state index is 0.158. The Morgan fingerprint density at radius 3 is 2.76 bits per heavy atom. The summed E-state index contributed by atoms with van der Waals surface area (Å²) in [5, 5.41) is 11.9. The van der Waals surface area contributed by atoms with E-state index in [-0.39, 0.29) is 6.54 Å². The molecule has 0 aliphatic rings. The zero-order valence-corrected chi connectivity index (χ0v) is 13.0. The molecule has 3 aromatic rings. The van der Waals surface area contributed by atoms with Crippen molar-refractivity contribution >= 4 is 51.5 Å². The largest absolute Gasteiger partial charge is 0.480 e. The second kappa shape index (κ2) is 5.67. The molecule has 4 nitrogen and oxygen atoms in total. The second-order valence-corrected chi connectivity index (χ2v) is 6.37. The van der Waals surface area contributed by atoms with Crippen LogP contribution in [-0.4, -0.2) is 20.6 Å². The Balaban J connectivity index is 2.15. The number of carbonyl (C=O) groups is 1. The number of imidazole rings is 1. The summed E-state index contributed by atoms with van der Waals surface area (Å²) in [7, 11) is 0. The smallest absolute Gasteiger partial charge is 0.323 e. The van der Waals surface area contributed by atoms with Crippen LogP contribution in [0.5, 0.6) is 0 Å². The fraction of sp³-hybridized carbons (Fsp3) is 0.143. The van der Waals surface area contributed by atoms with Crippen LogP contribution in [-0.2, 0) is 17.8 Å². The molecule has 0 amide bonds. The summed E-state index contributed by atoms with van der Waals surface area (Å²) < 4.78 is 1.67. The van der Waals surface area contributed by atoms with Gasteiger partial charge in [-0.1, -0.05) is 29.3 Å². The van der Waals surface area contributed by atoms with Gasteiger partial charge in [0.1, 0.15) is 12.4 Å². The summed E-state index contributed by atoms with van der Waals surface area (Å²) in [5.74, 6) is -0.235. The Morgan fingerprint density at radius 1 is 1.33 bits per heavy atom. The molecule has 108 valence electrons. The average Bonchev–Trinajstić information content (AvgIpc) is 3.01. The van der Waals surface area contributed by atoms with E-state index in [4.69, 9.17) is 28.3 Å². The number of nitrogens with zero attached hydrogens (tertiary/aromatic N) is 2. The van der Waals surface area contributed by atoms with Gasteiger partial charge in [-0.25, -0.2) is 4.98 Å². The van der Waals surface area contributed by atoms with Crippen LogP contribution in [0.2, 0.25) is 10.0 Å². The van der Waals surface area contributed by atoms with Gasteiger partial charge in [0.05, 0.1) is 21.1 Å². The van der Waals surface area contributed by atoms with Crippen molar-refractivity contribution in [2.24, 2.45) is 0 Å². The fourth-order valence-electron chi connectivity index (χ4n) is 2.19. The maximum atomic E-state index is 11.1. The number of hydrogen-bond donors (Lipinski definition) is 1. The van der Waals surface area contributed by atoms with Gasteiger partial charge in [-0.05, 0) is 23.6 Å². The Kier molecular flexibility index (Phi) is 3.89. The minimum atomic E-state index is -0.923. The molecule has 0 aliphatic heterocycles. The van der Waals surface area contributed by atoms with Crippen molar-refractivity contribution in [3.63, 3.8) is 0 Å². The summed E-state index contributed by atoms with van der Waals surface area (Å²) in [6.07, 6.45) is 0.578. The number of benzene rings is 1. The molecule has 7 heteroatoms. The predicted molar refractivity (Wildman–Crippen MR) is 84.5 cm³/mol. The van der Waals surface area contributed by atoms with Crippen molar-refractivity contribution in [2.75, 3.05) is 0 Å². The predicted octanol–water partition coefficient (Wildman–Crippen LogP) is 4.08. The van der Waals surface area contributed by atoms with E-state index in [2.05, 4.69) is 4.98 Å². The Morgan fingerprint density at radius 2 is 2.10 bits per heavy atom. The second-order valence-electron chi connectivity index (χ2n) is 4.52. The van der Waals surface area contributed by atoms with E-state index in [1.54, 1.807) is 28.0 Å². The topological polar surface area (TPSA) is 55.1 Å². The van der Waals surface area contributed by atoms with Gasteiger partial charge in [0.15, 0.2) is 0 Å². The zero-order valence-electron chi connectivity index (χ0n) is 10.7. The first-order chi connectivity index (χ1) is 10.0. The van der Waals surface area contributed by atoms with E-state index >= 15 is 0 Å². The number of hydrogen-bond acceptors (Lipinski definition) is 3. The van der Waals surface area contributed by atoms with Crippen LogP contribution in [0.4, 0.5) is 0 Å². The van der Waals surface area contributed by atoms with Crippen LogP contribution in [0.25, 0.3) is 11.0 Å². The van der Waals surface area contributed by atoms with Crippen LogP contribution in [0, 0.1) is 0 Å². The highest BCUT2D eigenvalue weighted by Gasteiger charge is 2.15. The molecule has 0 spiro atoms. The first-order valence-electron chi connectivity index (χ1n) is 6.13. The highest BCUT2D eigenvalue weighted by atomic mass is 35.5. The molecule has 2 aromatic heterocycles. The third-order valence-corrected chi connectivity index (χ3v) is 4.67. The molecule has 2 heterocycles. The SMILES string of the molecule is O=C(O)Cn1c(Cc2cccs2)nc2cc(Cl)c(Cl)cc21. The number of aliphatic carboxylic acids is 1. The molecule has 0 bridgehead atoms. The van der Waals surface area contributed by atoms with E-state index in [0.717, 1.165) is 4.88 Å². The molecule has 0 saturated heterocycles. The quantitative estimate of drug-likeness (QED) is 0.778. The number of carboxylic acids is 1. The first-order valence-corrected chi connectivity index (χ1v) is 7.76. The van der Waals surface area contributed by atoms with Crippen molar-refractivity contribution in [1.29, 1.82) is 0 Å². The van der Waals surface area contributed by atoms with E-state index in [1.165, 1.54) is 0 Å². The normalized spacial score (nSPS) is 11.1. The number of rotatable bonds is 4. The van der Waals surface area contributed by atoms with E-state index in [1.807, 2.05) is 17.5 Å². The first kappa shape index (κ1) is 14.4. The Bertz CT molecular complexity index is 812. The monoisotopic (exact) mass is 340 g/mol. The number of fused-ring (bicyclic) bond motifs is 1. The van der Waals surface area contributed by atoms with Crippen LogP contribution < -0.4 is 0 Å². The molecule has 0 atom stereocenters. The molecule has 0 fully saturated rings. The van der Waals surface area contributed by atoms with E-state index in [0.29, 0.717) is 33.3 Å². The van der Waals surface area contributed by atoms with Crippen LogP contribution >= 0.6 is 34.5 Å². The van der Waals surface area contributed by atoms with E-state index in [9.17, 15) is 4.79 Å². The van der Waals surface area contributed by atoms with Crippen molar-refractivity contribution in [2.45, 2.75) is 13.0 Å². The lowest BCUT2D eigenvalue weighted by Gasteiger charge is -2.06. The van der Waals surface area contributed by atoms with Gasteiger partial charge in [-0.2, -0.15) is 0 Å². The standard InChI is InChI=1S/C14H10Cl2N2O2S/c15-9-5-11-12(6-10(9)16)18(7-14(19)20)13(17-11)4-8-2-1-3-21-8/h1-3,5-6H,4,7H2,(H,19,20). The lowest BCUT2D eigenvalue weighted by atomic mass is 10.3. The maximum Gasteiger partial charge on any atom is 0.323 e. The van der Waals surface area contributed by atoms with Crippen molar-refractivity contribution in [3.05, 3.63) is 50.4 Å². The Hall–Kier alpha value is -1.56. The minimum Gasteiger partial charge on any atom is -0.480 e. The summed E-state index contributed by atoms with van der Waals surface area (Å²) >= 11 is 13.6. The molecular weight excluding hydrogens is 331 g/mol. The number of halogens is 2. The van der Waals surface area contributed by atoms with Crippen molar-refractivity contribution in [3.8, 4) is 0 Å². The Labute approximate surface area is 134 Å². The van der Waals surface area contributed by atoms with Gasteiger partial charge in [0, 0.05) is 11.3 Å². The maximum absolute atomic E-state index is 11.1. The van der Waals surface area contributed by atoms with Crippen LogP contribution in [0.1, 0.15) is 10.7 Å². The molecular formula is C14H10Cl2N2O2S. The van der Waals surface area contributed by atoms with E-state index < -0.39 is 5.97 Å². The number of thiophene rings is 1. The zero-order chi connectivity index (χ0) is 15.0. The molecule has 0 radical (unpaired) electrons. The van der Waals surface area contributed by atoms with Gasteiger partial charge >= 0.3 is 5.97 Å². The molecule has 3 rings (SSSR count). The van der Waals surface area contributed by atoms with Crippen molar-refractivity contribution < 1.29 is 9.90 Å². The fourth-order valence-corrected chi connectivity index (χ4v) is 3.20. The third kappa shape index (κ3) is 2.90. The van der Waals surface area contributed by atoms with Crippen molar-refractivity contribution in [1.82, 2.24) is 9.55 Å². The van der Waals surface area contributed by atoms with Gasteiger partial charge in [0.25, 0.3) is 0 Å². The van der Waals surface area contributed by atoms with Gasteiger partial charge in [-0.15, -0.1) is 11.3 Å². The lowest BCUT2D eigenvalue weighted by molar-refractivity contribution is -0.137. The summed E-state index contributed by atoms with van der Waals surface area (Å²) in [4.78, 5) is 16.7. The summed E-state index contributed by atoms with van der Waals surface area (Å²) in [6, 6.07) is 7.27. The highest BCUT2D eigenvalue weighted by Crippen LogP contribution is 2.29. The molecule has 0 aliphatic carbocycles. The van der Waals surface area contributed by atoms with Gasteiger partial charge in [-0.3, -0.25) is 4.79 Å². The lowest BCUT2D eigenvalue weighted by Crippen LogP contribution is -2.12.